The average Bonchev–Trinajstić information content (AvgIpc) is 3.27. The zero-order valence-electron chi connectivity index (χ0n) is 19.8. The number of para-hydroxylation sites is 1. The molecule has 1 amide bonds. The summed E-state index contributed by atoms with van der Waals surface area (Å²) in [6.45, 7) is 4.85. The first-order valence-electron chi connectivity index (χ1n) is 11.5. The molecule has 174 valence electrons. The zero-order chi connectivity index (χ0) is 23.9. The SMILES string of the molecule is COc1ccc(C(=O)NC(=NCCc2c[nH]c3ccccc23)Nc2ccc(C(C)C)cc2)cc1. The van der Waals surface area contributed by atoms with Crippen molar-refractivity contribution in [3.05, 3.63) is 95.7 Å². The number of hydrogen-bond acceptors (Lipinski definition) is 3. The molecule has 0 unspecified atom stereocenters. The summed E-state index contributed by atoms with van der Waals surface area (Å²) in [4.78, 5) is 20.9. The Bertz CT molecular complexity index is 1270. The largest absolute Gasteiger partial charge is 0.497 e. The molecule has 4 aromatic rings. The number of benzene rings is 3. The van der Waals surface area contributed by atoms with E-state index < -0.39 is 0 Å². The first-order chi connectivity index (χ1) is 16.5. The Morgan fingerprint density at radius 1 is 1.00 bits per heavy atom. The third-order valence-corrected chi connectivity index (χ3v) is 5.75. The fraction of sp³-hybridized carbons (Fsp3) is 0.214. The lowest BCUT2D eigenvalue weighted by Crippen LogP contribution is -2.36. The zero-order valence-corrected chi connectivity index (χ0v) is 19.8. The van der Waals surface area contributed by atoms with Crippen molar-refractivity contribution in [1.82, 2.24) is 10.3 Å². The van der Waals surface area contributed by atoms with E-state index in [4.69, 9.17) is 9.73 Å². The van der Waals surface area contributed by atoms with Crippen LogP contribution in [0.15, 0.2) is 84.0 Å². The van der Waals surface area contributed by atoms with Crippen molar-refractivity contribution >= 4 is 28.5 Å². The molecule has 0 saturated carbocycles. The van der Waals surface area contributed by atoms with E-state index in [0.717, 1.165) is 17.6 Å². The number of anilines is 1. The number of aromatic amines is 1. The molecule has 34 heavy (non-hydrogen) atoms. The minimum absolute atomic E-state index is 0.236. The maximum Gasteiger partial charge on any atom is 0.257 e. The highest BCUT2D eigenvalue weighted by atomic mass is 16.5. The summed E-state index contributed by atoms with van der Waals surface area (Å²) in [5.74, 6) is 1.33. The number of fused-ring (bicyclic) bond motifs is 1. The van der Waals surface area contributed by atoms with Crippen LogP contribution in [0.1, 0.15) is 41.3 Å². The predicted octanol–water partition coefficient (Wildman–Crippen LogP) is 5.74. The Labute approximate surface area is 200 Å². The van der Waals surface area contributed by atoms with Crippen LogP contribution in [-0.4, -0.2) is 30.5 Å². The van der Waals surface area contributed by atoms with Crippen LogP contribution in [0.25, 0.3) is 10.9 Å². The van der Waals surface area contributed by atoms with Gasteiger partial charge in [0.1, 0.15) is 5.75 Å². The number of carbonyl (C=O) groups excluding carboxylic acids is 1. The van der Waals surface area contributed by atoms with Gasteiger partial charge in [0.2, 0.25) is 5.96 Å². The van der Waals surface area contributed by atoms with Gasteiger partial charge in [-0.05, 0) is 65.9 Å². The molecular weight excluding hydrogens is 424 g/mol. The number of amides is 1. The van der Waals surface area contributed by atoms with E-state index in [1.807, 2.05) is 30.5 Å². The molecule has 1 heterocycles. The lowest BCUT2D eigenvalue weighted by Gasteiger charge is -2.13. The number of hydrogen-bond donors (Lipinski definition) is 3. The quantitative estimate of drug-likeness (QED) is 0.246. The van der Waals surface area contributed by atoms with Crippen molar-refractivity contribution in [3.63, 3.8) is 0 Å². The molecule has 0 aliphatic rings. The number of rotatable bonds is 7. The van der Waals surface area contributed by atoms with Crippen molar-refractivity contribution in [2.45, 2.75) is 26.2 Å². The summed E-state index contributed by atoms with van der Waals surface area (Å²) in [5.41, 5.74) is 4.96. The molecule has 0 spiro atoms. The van der Waals surface area contributed by atoms with Crippen LogP contribution in [0, 0.1) is 0 Å². The summed E-state index contributed by atoms with van der Waals surface area (Å²) < 4.78 is 5.18. The Kier molecular flexibility index (Phi) is 7.28. The second-order valence-electron chi connectivity index (χ2n) is 8.42. The van der Waals surface area contributed by atoms with Crippen LogP contribution in [-0.2, 0) is 6.42 Å². The Hall–Kier alpha value is -4.06. The number of nitrogens with zero attached hydrogens (tertiary/aromatic N) is 1. The molecule has 6 heteroatoms. The van der Waals surface area contributed by atoms with Crippen LogP contribution in [0.3, 0.4) is 0 Å². The van der Waals surface area contributed by atoms with Crippen LogP contribution in [0.2, 0.25) is 0 Å². The van der Waals surface area contributed by atoms with Crippen molar-refractivity contribution in [3.8, 4) is 5.75 Å². The maximum absolute atomic E-state index is 12.9. The second-order valence-corrected chi connectivity index (χ2v) is 8.42. The van der Waals surface area contributed by atoms with Crippen LogP contribution in [0.4, 0.5) is 5.69 Å². The number of H-pyrrole nitrogens is 1. The van der Waals surface area contributed by atoms with E-state index in [2.05, 4.69) is 53.7 Å². The fourth-order valence-corrected chi connectivity index (χ4v) is 3.75. The van der Waals surface area contributed by atoms with Crippen molar-refractivity contribution < 1.29 is 9.53 Å². The van der Waals surface area contributed by atoms with Crippen LogP contribution < -0.4 is 15.4 Å². The summed E-state index contributed by atoms with van der Waals surface area (Å²) in [7, 11) is 1.60. The van der Waals surface area contributed by atoms with Crippen molar-refractivity contribution in [2.75, 3.05) is 19.0 Å². The first kappa shape index (κ1) is 23.1. The molecule has 0 aliphatic heterocycles. The van der Waals surface area contributed by atoms with Gasteiger partial charge in [-0.2, -0.15) is 0 Å². The van der Waals surface area contributed by atoms with Crippen molar-refractivity contribution in [2.24, 2.45) is 4.99 Å². The van der Waals surface area contributed by atoms with E-state index in [-0.39, 0.29) is 5.91 Å². The van der Waals surface area contributed by atoms with Gasteiger partial charge in [0.25, 0.3) is 5.91 Å². The van der Waals surface area contributed by atoms with Gasteiger partial charge in [-0.3, -0.25) is 15.1 Å². The van der Waals surface area contributed by atoms with Crippen LogP contribution >= 0.6 is 0 Å². The number of methoxy groups -OCH3 is 1. The molecule has 1 aromatic heterocycles. The number of aliphatic imine (C=N–C) groups is 1. The number of guanidine groups is 1. The smallest absolute Gasteiger partial charge is 0.257 e. The molecule has 0 atom stereocenters. The molecule has 0 radical (unpaired) electrons. The number of carbonyl (C=O) groups is 1. The molecule has 6 nitrogen and oxygen atoms in total. The second kappa shape index (κ2) is 10.7. The molecule has 3 aromatic carbocycles. The third kappa shape index (κ3) is 5.64. The standard InChI is InChI=1S/C28H30N4O2/c1-19(2)20-8-12-23(13-9-20)31-28(32-27(33)21-10-14-24(34-3)15-11-21)29-17-16-22-18-30-26-7-5-4-6-25(22)26/h4-15,18-19,30H,16-17H2,1-3H3,(H2,29,31,32,33). The molecule has 0 saturated heterocycles. The van der Waals surface area contributed by atoms with E-state index in [9.17, 15) is 4.79 Å². The van der Waals surface area contributed by atoms with Gasteiger partial charge in [0.15, 0.2) is 0 Å². The Morgan fingerprint density at radius 3 is 2.44 bits per heavy atom. The number of aromatic nitrogens is 1. The van der Waals surface area contributed by atoms with Gasteiger partial charge < -0.3 is 15.0 Å². The molecule has 0 aliphatic carbocycles. The summed E-state index contributed by atoms with van der Waals surface area (Å²) in [6, 6.07) is 23.4. The van der Waals surface area contributed by atoms with Crippen LogP contribution in [0.5, 0.6) is 5.75 Å². The highest BCUT2D eigenvalue weighted by molar-refractivity contribution is 6.10. The lowest BCUT2D eigenvalue weighted by molar-refractivity contribution is 0.0977. The fourth-order valence-electron chi connectivity index (χ4n) is 3.75. The minimum atomic E-state index is -0.236. The number of nitrogens with one attached hydrogen (secondary N) is 3. The monoisotopic (exact) mass is 454 g/mol. The molecule has 3 N–H and O–H groups in total. The molecular formula is C28H30N4O2. The lowest BCUT2D eigenvalue weighted by atomic mass is 10.0. The third-order valence-electron chi connectivity index (χ3n) is 5.75. The highest BCUT2D eigenvalue weighted by Crippen LogP contribution is 2.19. The van der Waals surface area contributed by atoms with Gasteiger partial charge in [0.05, 0.1) is 7.11 Å². The summed E-state index contributed by atoms with van der Waals surface area (Å²) in [6.07, 6.45) is 2.77. The van der Waals surface area contributed by atoms with E-state index in [0.29, 0.717) is 29.7 Å². The molecule has 4 rings (SSSR count). The van der Waals surface area contributed by atoms with Gasteiger partial charge in [0, 0.05) is 34.9 Å². The van der Waals surface area contributed by atoms with Gasteiger partial charge in [-0.25, -0.2) is 0 Å². The Morgan fingerprint density at radius 2 is 1.74 bits per heavy atom. The predicted molar refractivity (Wildman–Crippen MR) is 139 cm³/mol. The van der Waals surface area contributed by atoms with Gasteiger partial charge >= 0.3 is 0 Å². The van der Waals surface area contributed by atoms with Crippen molar-refractivity contribution in [1.29, 1.82) is 0 Å². The van der Waals surface area contributed by atoms with E-state index >= 15 is 0 Å². The number of ether oxygens (including phenoxy) is 1. The summed E-state index contributed by atoms with van der Waals surface area (Å²) >= 11 is 0. The minimum Gasteiger partial charge on any atom is -0.497 e. The maximum atomic E-state index is 12.9. The highest BCUT2D eigenvalue weighted by Gasteiger charge is 2.11. The molecule has 0 bridgehead atoms. The van der Waals surface area contributed by atoms with Gasteiger partial charge in [-0.15, -0.1) is 0 Å². The molecule has 0 fully saturated rings. The van der Waals surface area contributed by atoms with Gasteiger partial charge in [-0.1, -0.05) is 44.2 Å². The normalized spacial score (nSPS) is 11.6. The summed E-state index contributed by atoms with van der Waals surface area (Å²) in [5, 5.41) is 7.39. The average molecular weight is 455 g/mol. The van der Waals surface area contributed by atoms with E-state index in [1.54, 1.807) is 31.4 Å². The van der Waals surface area contributed by atoms with E-state index in [1.165, 1.54) is 16.5 Å². The first-order valence-corrected chi connectivity index (χ1v) is 11.5. The Balaban J connectivity index is 1.51. The topological polar surface area (TPSA) is 78.5 Å².